The molecule has 0 aromatic heterocycles. The third-order valence-corrected chi connectivity index (χ3v) is 5.55. The number of hydrogen-bond donors (Lipinski definition) is 7. The summed E-state index contributed by atoms with van der Waals surface area (Å²) in [5, 5.41) is 29.5. The Morgan fingerprint density at radius 1 is 1.10 bits per heavy atom. The number of carbonyl (C=O) groups is 4. The summed E-state index contributed by atoms with van der Waals surface area (Å²) >= 11 is 0. The van der Waals surface area contributed by atoms with Crippen molar-refractivity contribution in [1.29, 1.82) is 0 Å². The van der Waals surface area contributed by atoms with Gasteiger partial charge in [0.15, 0.2) is 0 Å². The molecule has 1 aliphatic rings. The van der Waals surface area contributed by atoms with E-state index in [1.165, 1.54) is 0 Å². The first-order valence-corrected chi connectivity index (χ1v) is 10.9. The third kappa shape index (κ3) is 8.80. The Hall–Kier alpha value is -2.24. The summed E-state index contributed by atoms with van der Waals surface area (Å²) in [5.74, 6) is -3.17. The minimum absolute atomic E-state index is 0.225. The Morgan fingerprint density at radius 2 is 1.81 bits per heavy atom. The molecule has 0 spiro atoms. The number of rotatable bonds is 14. The second kappa shape index (κ2) is 13.9. The number of carbonyl (C=O) groups excluding carboxylic acids is 3. The van der Waals surface area contributed by atoms with Gasteiger partial charge in [0.25, 0.3) is 0 Å². The number of aliphatic hydroxyl groups excluding tert-OH is 1. The normalized spacial score (nSPS) is 19.7. The van der Waals surface area contributed by atoms with Gasteiger partial charge in [0.2, 0.25) is 17.7 Å². The van der Waals surface area contributed by atoms with Crippen LogP contribution in [0.1, 0.15) is 52.4 Å². The first kappa shape index (κ1) is 26.8. The largest absolute Gasteiger partial charge is 0.480 e. The average molecular weight is 444 g/mol. The van der Waals surface area contributed by atoms with Crippen molar-refractivity contribution in [2.45, 2.75) is 76.5 Å². The molecule has 1 fully saturated rings. The van der Waals surface area contributed by atoms with E-state index >= 15 is 0 Å². The van der Waals surface area contributed by atoms with E-state index in [0.717, 1.165) is 6.42 Å². The molecule has 5 unspecified atom stereocenters. The number of nitrogens with one attached hydrogen (secondary N) is 4. The van der Waals surface area contributed by atoms with E-state index in [1.54, 1.807) is 6.92 Å². The second-order valence-corrected chi connectivity index (χ2v) is 7.95. The number of aliphatic hydroxyl groups is 1. The summed E-state index contributed by atoms with van der Waals surface area (Å²) in [6, 6.07) is -3.73. The highest BCUT2D eigenvalue weighted by Gasteiger charge is 2.33. The molecule has 3 amide bonds. The molecule has 1 rings (SSSR count). The van der Waals surface area contributed by atoms with Gasteiger partial charge in [-0.15, -0.1) is 0 Å². The highest BCUT2D eigenvalue weighted by atomic mass is 16.4. The molecule has 11 heteroatoms. The molecule has 0 aromatic carbocycles. The lowest BCUT2D eigenvalue weighted by molar-refractivity contribution is -0.143. The lowest BCUT2D eigenvalue weighted by Crippen LogP contribution is -2.59. The van der Waals surface area contributed by atoms with Crippen molar-refractivity contribution in [2.75, 3.05) is 19.7 Å². The fourth-order valence-electron chi connectivity index (χ4n) is 3.34. The number of carboxylic acid groups (broad SMARTS) is 1. The molecule has 0 aromatic rings. The molecular weight excluding hydrogens is 406 g/mol. The predicted molar refractivity (Wildman–Crippen MR) is 114 cm³/mol. The van der Waals surface area contributed by atoms with Gasteiger partial charge in [0.1, 0.15) is 18.1 Å². The van der Waals surface area contributed by atoms with Crippen molar-refractivity contribution < 1.29 is 29.4 Å². The van der Waals surface area contributed by atoms with Gasteiger partial charge in [-0.3, -0.25) is 14.4 Å². The smallest absolute Gasteiger partial charge is 0.326 e. The number of nitrogens with two attached hydrogens (primary N) is 1. The molecule has 0 aliphatic carbocycles. The highest BCUT2D eigenvalue weighted by Crippen LogP contribution is 2.11. The molecule has 0 saturated carbocycles. The van der Waals surface area contributed by atoms with Gasteiger partial charge in [-0.05, 0) is 51.1 Å². The number of amides is 3. The molecule has 0 bridgehead atoms. The Balaban J connectivity index is 2.79. The minimum atomic E-state index is -1.21. The number of unbranched alkanes of at least 4 members (excludes halogenated alkanes) is 1. The molecule has 5 atom stereocenters. The van der Waals surface area contributed by atoms with Gasteiger partial charge < -0.3 is 37.2 Å². The summed E-state index contributed by atoms with van der Waals surface area (Å²) in [4.78, 5) is 49.2. The minimum Gasteiger partial charge on any atom is -0.480 e. The zero-order chi connectivity index (χ0) is 23.4. The van der Waals surface area contributed by atoms with Crippen molar-refractivity contribution in [2.24, 2.45) is 11.7 Å². The maximum atomic E-state index is 12.8. The van der Waals surface area contributed by atoms with Crippen molar-refractivity contribution in [3.05, 3.63) is 0 Å². The van der Waals surface area contributed by atoms with E-state index in [0.29, 0.717) is 38.8 Å². The van der Waals surface area contributed by atoms with E-state index in [2.05, 4.69) is 21.3 Å². The van der Waals surface area contributed by atoms with Crippen LogP contribution in [0, 0.1) is 5.92 Å². The topological polar surface area (TPSA) is 183 Å². The Labute approximate surface area is 182 Å². The fourth-order valence-corrected chi connectivity index (χ4v) is 3.34. The van der Waals surface area contributed by atoms with Gasteiger partial charge in [-0.2, -0.15) is 0 Å². The van der Waals surface area contributed by atoms with E-state index in [9.17, 15) is 29.4 Å². The van der Waals surface area contributed by atoms with Crippen LogP contribution < -0.4 is 27.0 Å². The van der Waals surface area contributed by atoms with Crippen molar-refractivity contribution in [3.8, 4) is 0 Å². The van der Waals surface area contributed by atoms with Crippen LogP contribution in [0.5, 0.6) is 0 Å². The zero-order valence-corrected chi connectivity index (χ0v) is 18.4. The molecular formula is C20H37N5O6. The quantitative estimate of drug-likeness (QED) is 0.157. The maximum Gasteiger partial charge on any atom is 0.326 e. The molecule has 1 heterocycles. The van der Waals surface area contributed by atoms with Crippen LogP contribution in [-0.4, -0.2) is 77.8 Å². The van der Waals surface area contributed by atoms with Crippen LogP contribution >= 0.6 is 0 Å². The van der Waals surface area contributed by atoms with Gasteiger partial charge in [0.05, 0.1) is 12.6 Å². The third-order valence-electron chi connectivity index (χ3n) is 5.55. The first-order valence-electron chi connectivity index (χ1n) is 10.9. The summed E-state index contributed by atoms with van der Waals surface area (Å²) in [7, 11) is 0. The van der Waals surface area contributed by atoms with E-state index in [-0.39, 0.29) is 18.2 Å². The zero-order valence-electron chi connectivity index (χ0n) is 18.4. The van der Waals surface area contributed by atoms with Crippen LogP contribution in [0.25, 0.3) is 0 Å². The Bertz CT molecular complexity index is 611. The lowest BCUT2D eigenvalue weighted by Gasteiger charge is -2.27. The molecule has 8 N–H and O–H groups in total. The average Bonchev–Trinajstić information content (AvgIpc) is 3.29. The molecule has 1 aliphatic heterocycles. The second-order valence-electron chi connectivity index (χ2n) is 7.95. The van der Waals surface area contributed by atoms with Crippen LogP contribution in [0.3, 0.4) is 0 Å². The van der Waals surface area contributed by atoms with Gasteiger partial charge in [0, 0.05) is 0 Å². The van der Waals surface area contributed by atoms with Gasteiger partial charge >= 0.3 is 5.97 Å². The summed E-state index contributed by atoms with van der Waals surface area (Å²) in [5.41, 5.74) is 5.43. The Morgan fingerprint density at radius 3 is 2.32 bits per heavy atom. The van der Waals surface area contributed by atoms with Crippen molar-refractivity contribution in [3.63, 3.8) is 0 Å². The van der Waals surface area contributed by atoms with E-state index in [4.69, 9.17) is 5.73 Å². The highest BCUT2D eigenvalue weighted by molar-refractivity contribution is 5.94. The maximum absolute atomic E-state index is 12.8. The van der Waals surface area contributed by atoms with Gasteiger partial charge in [-0.1, -0.05) is 20.3 Å². The SMILES string of the molecule is CCC(C)C(NC(=O)C(CO)NC(=O)C1CCCN1)C(=O)NC(CCCCN)C(=O)O. The van der Waals surface area contributed by atoms with Crippen molar-refractivity contribution in [1.82, 2.24) is 21.3 Å². The molecule has 0 radical (unpaired) electrons. The summed E-state index contributed by atoms with van der Waals surface area (Å²) in [6.45, 7) is 4.10. The van der Waals surface area contributed by atoms with E-state index in [1.807, 2.05) is 6.92 Å². The molecule has 11 nitrogen and oxygen atoms in total. The molecule has 1 saturated heterocycles. The molecule has 178 valence electrons. The first-order chi connectivity index (χ1) is 14.7. The Kier molecular flexibility index (Phi) is 12.1. The number of carboxylic acids is 1. The van der Waals surface area contributed by atoms with Crippen LogP contribution in [-0.2, 0) is 19.2 Å². The summed E-state index contributed by atoms with van der Waals surface area (Å²) in [6.07, 6.45) is 3.44. The lowest BCUT2D eigenvalue weighted by atomic mass is 9.97. The number of hydrogen-bond acceptors (Lipinski definition) is 7. The monoisotopic (exact) mass is 443 g/mol. The fraction of sp³-hybridized carbons (Fsp3) is 0.800. The van der Waals surface area contributed by atoms with Gasteiger partial charge in [-0.25, -0.2) is 4.79 Å². The predicted octanol–water partition coefficient (Wildman–Crippen LogP) is -1.56. The van der Waals surface area contributed by atoms with Crippen LogP contribution in [0.2, 0.25) is 0 Å². The standard InChI is InChI=1S/C20H37N5O6/c1-3-12(2)16(19(29)23-14(20(30)31)7-4-5-9-21)25-18(28)15(11-26)24-17(27)13-8-6-10-22-13/h12-16,22,26H,3-11,21H2,1-2H3,(H,23,29)(H,24,27)(H,25,28)(H,30,31). The van der Waals surface area contributed by atoms with E-state index < -0.39 is 48.6 Å². The molecule has 31 heavy (non-hydrogen) atoms. The number of aliphatic carboxylic acids is 1. The van der Waals surface area contributed by atoms with Crippen LogP contribution in [0.15, 0.2) is 0 Å². The van der Waals surface area contributed by atoms with Crippen LogP contribution in [0.4, 0.5) is 0 Å². The summed E-state index contributed by atoms with van der Waals surface area (Å²) < 4.78 is 0. The van der Waals surface area contributed by atoms with Crippen molar-refractivity contribution >= 4 is 23.7 Å².